The van der Waals surface area contributed by atoms with E-state index in [0.29, 0.717) is 0 Å². The summed E-state index contributed by atoms with van der Waals surface area (Å²) in [6, 6.07) is 10.0. The van der Waals surface area contributed by atoms with Crippen molar-refractivity contribution in [3.8, 4) is 0 Å². The molecule has 1 unspecified atom stereocenters. The number of rotatable bonds is 3. The third kappa shape index (κ3) is 2.90. The molecule has 0 bridgehead atoms. The van der Waals surface area contributed by atoms with Gasteiger partial charge < -0.3 is 5.32 Å². The van der Waals surface area contributed by atoms with E-state index in [2.05, 4.69) is 5.32 Å². The highest BCUT2D eigenvalue weighted by molar-refractivity contribution is 5.78. The molecule has 1 atom stereocenters. The largest absolute Gasteiger partial charge is 0.359 e. The quantitative estimate of drug-likeness (QED) is 0.754. The van der Waals surface area contributed by atoms with Gasteiger partial charge in [-0.3, -0.25) is 4.79 Å². The van der Waals surface area contributed by atoms with Gasteiger partial charge in [0.2, 0.25) is 5.91 Å². The molecule has 0 radical (unpaired) electrons. The van der Waals surface area contributed by atoms with Crippen molar-refractivity contribution < 1.29 is 6.22 Å². The molecule has 1 rings (SSSR count). The van der Waals surface area contributed by atoms with Crippen LogP contribution in [0, 0.1) is 5.92 Å². The molecule has 0 saturated heterocycles. The molecule has 1 N–H and O–H groups in total. The first-order valence-corrected chi connectivity index (χ1v) is 4.49. The zero-order chi connectivity index (χ0) is 9.68. The average molecular weight is 179 g/mol. The summed E-state index contributed by atoms with van der Waals surface area (Å²) in [7, 11) is 1.67. The first-order valence-electron chi connectivity index (χ1n) is 4.49. The van der Waals surface area contributed by atoms with Crippen molar-refractivity contribution in [2.24, 2.45) is 5.92 Å². The lowest BCUT2D eigenvalue weighted by molar-refractivity contribution is -0.123. The Kier molecular flexibility index (Phi) is 3.50. The predicted molar refractivity (Wildman–Crippen MR) is 55.5 cm³/mol. The van der Waals surface area contributed by atoms with E-state index in [0.717, 1.165) is 6.42 Å². The minimum atomic E-state index is 0. The Balaban J connectivity index is 0.00000169. The Bertz CT molecular complexity index is 274. The minimum Gasteiger partial charge on any atom is -0.359 e. The smallest absolute Gasteiger partial charge is 0.222 e. The van der Waals surface area contributed by atoms with Crippen molar-refractivity contribution in [2.45, 2.75) is 13.3 Å². The van der Waals surface area contributed by atoms with Crippen molar-refractivity contribution in [1.29, 1.82) is 0 Å². The van der Waals surface area contributed by atoms with Gasteiger partial charge in [0, 0.05) is 14.4 Å². The Morgan fingerprint density at radius 3 is 2.62 bits per heavy atom. The van der Waals surface area contributed by atoms with Gasteiger partial charge >= 0.3 is 0 Å². The van der Waals surface area contributed by atoms with Crippen molar-refractivity contribution >= 4 is 5.91 Å². The van der Waals surface area contributed by atoms with Gasteiger partial charge in [-0.2, -0.15) is 0 Å². The molecular formula is C11H17NO. The first kappa shape index (κ1) is 9.78. The van der Waals surface area contributed by atoms with Crippen LogP contribution in [0.3, 0.4) is 0 Å². The van der Waals surface area contributed by atoms with Crippen LogP contribution >= 0.6 is 0 Å². The molecule has 0 aromatic heterocycles. The van der Waals surface area contributed by atoms with E-state index < -0.39 is 0 Å². The SMILES string of the molecule is CNC(=O)C(C)Cc1ccccc1.[HH]. The van der Waals surface area contributed by atoms with Gasteiger partial charge in [-0.1, -0.05) is 37.3 Å². The van der Waals surface area contributed by atoms with E-state index >= 15 is 0 Å². The van der Waals surface area contributed by atoms with Crippen LogP contribution < -0.4 is 5.32 Å². The summed E-state index contributed by atoms with van der Waals surface area (Å²) in [4.78, 5) is 11.2. The number of nitrogens with one attached hydrogen (secondary N) is 1. The molecule has 1 amide bonds. The lowest BCUT2D eigenvalue weighted by atomic mass is 10.0. The summed E-state index contributed by atoms with van der Waals surface area (Å²) in [6.45, 7) is 1.94. The normalized spacial score (nSPS) is 12.2. The van der Waals surface area contributed by atoms with Crippen molar-refractivity contribution in [3.63, 3.8) is 0 Å². The van der Waals surface area contributed by atoms with Crippen LogP contribution in [0.5, 0.6) is 0 Å². The lowest BCUT2D eigenvalue weighted by Crippen LogP contribution is -2.26. The number of carbonyl (C=O) groups is 1. The summed E-state index contributed by atoms with van der Waals surface area (Å²) in [5, 5.41) is 2.65. The van der Waals surface area contributed by atoms with Gasteiger partial charge in [-0.25, -0.2) is 0 Å². The first-order chi connectivity index (χ1) is 6.24. The Morgan fingerprint density at radius 1 is 1.46 bits per heavy atom. The minimum absolute atomic E-state index is 0. The van der Waals surface area contributed by atoms with Gasteiger partial charge in [0.15, 0.2) is 0 Å². The molecule has 0 saturated carbocycles. The molecular weight excluding hydrogens is 162 g/mol. The number of carbonyl (C=O) groups excluding carboxylic acids is 1. The standard InChI is InChI=1S/C11H15NO.H2/c1-9(11(13)12-2)8-10-6-4-3-5-7-10;/h3-7,9H,8H2,1-2H3,(H,12,13);1H. The van der Waals surface area contributed by atoms with Gasteiger partial charge in [0.1, 0.15) is 0 Å². The second kappa shape index (κ2) is 4.65. The Morgan fingerprint density at radius 2 is 2.08 bits per heavy atom. The summed E-state index contributed by atoms with van der Waals surface area (Å²) in [6.07, 6.45) is 0.806. The fraction of sp³-hybridized carbons (Fsp3) is 0.364. The van der Waals surface area contributed by atoms with Crippen LogP contribution in [0.15, 0.2) is 30.3 Å². The second-order valence-electron chi connectivity index (χ2n) is 3.21. The van der Waals surface area contributed by atoms with Crippen LogP contribution in [0.4, 0.5) is 0 Å². The molecule has 72 valence electrons. The molecule has 0 fully saturated rings. The molecule has 0 aliphatic carbocycles. The molecule has 0 spiro atoms. The summed E-state index contributed by atoms with van der Waals surface area (Å²) in [5.41, 5.74) is 1.21. The van der Waals surface area contributed by atoms with Gasteiger partial charge in [0.05, 0.1) is 0 Å². The number of hydrogen-bond acceptors (Lipinski definition) is 1. The highest BCUT2D eigenvalue weighted by Crippen LogP contribution is 2.07. The van der Waals surface area contributed by atoms with Gasteiger partial charge in [0.25, 0.3) is 0 Å². The fourth-order valence-electron chi connectivity index (χ4n) is 1.31. The van der Waals surface area contributed by atoms with E-state index in [1.807, 2.05) is 37.3 Å². The number of amides is 1. The van der Waals surface area contributed by atoms with E-state index in [1.165, 1.54) is 5.56 Å². The van der Waals surface area contributed by atoms with Crippen molar-refractivity contribution in [3.05, 3.63) is 35.9 Å². The maximum atomic E-state index is 11.2. The van der Waals surface area contributed by atoms with E-state index in [9.17, 15) is 4.79 Å². The third-order valence-corrected chi connectivity index (χ3v) is 2.08. The van der Waals surface area contributed by atoms with E-state index in [1.54, 1.807) is 7.05 Å². The molecule has 0 aliphatic heterocycles. The molecule has 2 heteroatoms. The van der Waals surface area contributed by atoms with Crippen LogP contribution in [0.2, 0.25) is 0 Å². The zero-order valence-electron chi connectivity index (χ0n) is 8.08. The molecule has 2 nitrogen and oxygen atoms in total. The average Bonchev–Trinajstić information content (AvgIpc) is 2.18. The monoisotopic (exact) mass is 179 g/mol. The maximum absolute atomic E-state index is 11.2. The van der Waals surface area contributed by atoms with Crippen LogP contribution in [0.25, 0.3) is 0 Å². The predicted octanol–water partition coefficient (Wildman–Crippen LogP) is 1.86. The van der Waals surface area contributed by atoms with Crippen molar-refractivity contribution in [1.82, 2.24) is 5.32 Å². The van der Waals surface area contributed by atoms with Crippen LogP contribution in [0.1, 0.15) is 13.9 Å². The third-order valence-electron chi connectivity index (χ3n) is 2.08. The maximum Gasteiger partial charge on any atom is 0.222 e. The summed E-state index contributed by atoms with van der Waals surface area (Å²) >= 11 is 0. The number of hydrogen-bond donors (Lipinski definition) is 1. The summed E-state index contributed by atoms with van der Waals surface area (Å²) in [5.74, 6) is 0.149. The lowest BCUT2D eigenvalue weighted by Gasteiger charge is -2.09. The van der Waals surface area contributed by atoms with Crippen molar-refractivity contribution in [2.75, 3.05) is 7.05 Å². The molecule has 1 aromatic carbocycles. The highest BCUT2D eigenvalue weighted by atomic mass is 16.1. The molecule has 1 aromatic rings. The molecule has 0 heterocycles. The fourth-order valence-corrected chi connectivity index (χ4v) is 1.31. The molecule has 13 heavy (non-hydrogen) atoms. The number of benzene rings is 1. The van der Waals surface area contributed by atoms with Crippen LogP contribution in [-0.4, -0.2) is 13.0 Å². The highest BCUT2D eigenvalue weighted by Gasteiger charge is 2.10. The topological polar surface area (TPSA) is 29.1 Å². The summed E-state index contributed by atoms with van der Waals surface area (Å²) < 4.78 is 0. The molecule has 0 aliphatic rings. The zero-order valence-corrected chi connectivity index (χ0v) is 8.08. The Hall–Kier alpha value is -1.31. The van der Waals surface area contributed by atoms with E-state index in [-0.39, 0.29) is 13.3 Å². The van der Waals surface area contributed by atoms with E-state index in [4.69, 9.17) is 0 Å². The Labute approximate surface area is 80.5 Å². The van der Waals surface area contributed by atoms with Crippen LogP contribution in [-0.2, 0) is 11.2 Å². The van der Waals surface area contributed by atoms with Gasteiger partial charge in [-0.05, 0) is 12.0 Å². The van der Waals surface area contributed by atoms with Gasteiger partial charge in [-0.15, -0.1) is 0 Å². The second-order valence-corrected chi connectivity index (χ2v) is 3.21.